The average molecular weight is 613 g/mol. The molecule has 2 saturated heterocycles. The summed E-state index contributed by atoms with van der Waals surface area (Å²) < 4.78 is 12.0. The van der Waals surface area contributed by atoms with Gasteiger partial charge in [0.25, 0.3) is 5.69 Å². The number of thioether (sulfide) groups is 1. The van der Waals surface area contributed by atoms with E-state index in [2.05, 4.69) is 0 Å². The zero-order valence-corrected chi connectivity index (χ0v) is 23.8. The van der Waals surface area contributed by atoms with Gasteiger partial charge >= 0.3 is 4.87 Å². The van der Waals surface area contributed by atoms with E-state index < -0.39 is 38.7 Å². The molecule has 0 saturated carbocycles. The van der Waals surface area contributed by atoms with Crippen molar-refractivity contribution in [2.24, 2.45) is 5.92 Å². The van der Waals surface area contributed by atoms with Crippen LogP contribution >= 0.6 is 23.1 Å². The van der Waals surface area contributed by atoms with Crippen LogP contribution in [-0.4, -0.2) is 75.9 Å². The fourth-order valence-electron chi connectivity index (χ4n) is 5.53. The fraction of sp³-hybridized carbons (Fsp3) is 0.333. The molecule has 13 nitrogen and oxygen atoms in total. The molecule has 1 aromatic heterocycles. The molecular weight excluding hydrogens is 588 g/mol. The van der Waals surface area contributed by atoms with Crippen LogP contribution in [-0.2, 0) is 25.7 Å². The molecule has 2 fully saturated rings. The van der Waals surface area contributed by atoms with Crippen LogP contribution in [0.3, 0.4) is 0 Å². The second-order valence-corrected chi connectivity index (χ2v) is 12.0. The number of carbonyl (C=O) groups excluding carboxylic acids is 3. The molecule has 2 aromatic carbocycles. The van der Waals surface area contributed by atoms with Gasteiger partial charge in [-0.3, -0.25) is 33.9 Å². The van der Waals surface area contributed by atoms with E-state index >= 15 is 0 Å². The van der Waals surface area contributed by atoms with Crippen molar-refractivity contribution in [1.82, 2.24) is 9.47 Å². The number of phenols is 1. The lowest BCUT2D eigenvalue weighted by atomic mass is 9.83. The summed E-state index contributed by atoms with van der Waals surface area (Å²) in [5.74, 6) is -2.97. The molecule has 2 unspecified atom stereocenters. The number of amides is 3. The summed E-state index contributed by atoms with van der Waals surface area (Å²) in [6.07, 6.45) is 0. The zero-order valence-electron chi connectivity index (χ0n) is 22.1. The number of nitrogens with zero attached hydrogens (tertiary/aromatic N) is 4. The van der Waals surface area contributed by atoms with E-state index in [1.807, 2.05) is 0 Å². The van der Waals surface area contributed by atoms with Crippen molar-refractivity contribution in [1.29, 1.82) is 0 Å². The summed E-state index contributed by atoms with van der Waals surface area (Å²) in [5.41, 5.74) is 0.548. The van der Waals surface area contributed by atoms with Gasteiger partial charge in [0.05, 0.1) is 41.9 Å². The Kier molecular flexibility index (Phi) is 7.24. The minimum Gasteiger partial charge on any atom is -0.504 e. The van der Waals surface area contributed by atoms with Crippen LogP contribution in [0.5, 0.6) is 11.5 Å². The number of nitro benzene ring substituents is 1. The highest BCUT2D eigenvalue weighted by molar-refractivity contribution is 8.00. The van der Waals surface area contributed by atoms with Gasteiger partial charge in [0, 0.05) is 36.0 Å². The highest BCUT2D eigenvalue weighted by atomic mass is 32.2. The molecular formula is C27H24N4O9S2. The highest BCUT2D eigenvalue weighted by Gasteiger charge is 2.57. The number of morpholine rings is 1. The van der Waals surface area contributed by atoms with Crippen molar-refractivity contribution >= 4 is 52.2 Å². The van der Waals surface area contributed by atoms with Crippen LogP contribution in [0.15, 0.2) is 52.3 Å². The number of imide groups is 1. The Hall–Kier alpha value is -4.21. The topological polar surface area (TPSA) is 162 Å². The molecule has 15 heteroatoms. The number of carbonyl (C=O) groups is 3. The lowest BCUT2D eigenvalue weighted by Gasteiger charge is -2.31. The molecule has 3 aliphatic heterocycles. The largest absolute Gasteiger partial charge is 0.504 e. The average Bonchev–Trinajstić information content (AvgIpc) is 3.44. The molecule has 42 heavy (non-hydrogen) atoms. The first-order chi connectivity index (χ1) is 20.2. The smallest absolute Gasteiger partial charge is 0.308 e. The van der Waals surface area contributed by atoms with Gasteiger partial charge in [-0.15, -0.1) is 0 Å². The number of methoxy groups -OCH3 is 1. The van der Waals surface area contributed by atoms with Crippen molar-refractivity contribution in [3.8, 4) is 11.5 Å². The molecule has 0 radical (unpaired) electrons. The monoisotopic (exact) mass is 612 g/mol. The second kappa shape index (κ2) is 10.9. The van der Waals surface area contributed by atoms with Crippen LogP contribution < -0.4 is 14.5 Å². The molecule has 0 bridgehead atoms. The number of anilines is 1. The first-order valence-corrected chi connectivity index (χ1v) is 14.6. The van der Waals surface area contributed by atoms with Gasteiger partial charge < -0.3 is 19.5 Å². The third-order valence-electron chi connectivity index (χ3n) is 7.59. The van der Waals surface area contributed by atoms with Crippen LogP contribution in [0.1, 0.15) is 16.4 Å². The molecule has 1 N–H and O–H groups in total. The number of rotatable bonds is 6. The summed E-state index contributed by atoms with van der Waals surface area (Å²) in [6, 6.07) is 9.73. The number of nitro groups is 1. The number of ether oxygens (including phenoxy) is 2. The number of aromatic hydroxyl groups is 1. The Morgan fingerprint density at radius 2 is 1.83 bits per heavy atom. The molecule has 218 valence electrons. The predicted octanol–water partition coefficient (Wildman–Crippen LogP) is 2.19. The summed E-state index contributed by atoms with van der Waals surface area (Å²) in [4.78, 5) is 67.6. The van der Waals surface area contributed by atoms with Crippen LogP contribution in [0.2, 0.25) is 0 Å². The third kappa shape index (κ3) is 4.62. The van der Waals surface area contributed by atoms with Gasteiger partial charge in [-0.1, -0.05) is 29.2 Å². The van der Waals surface area contributed by atoms with E-state index in [-0.39, 0.29) is 35.3 Å². The van der Waals surface area contributed by atoms with Gasteiger partial charge in [-0.05, 0) is 29.8 Å². The number of hydrogen-bond donors (Lipinski definition) is 1. The zero-order chi connectivity index (χ0) is 29.7. The van der Waals surface area contributed by atoms with Crippen LogP contribution in [0.25, 0.3) is 0 Å². The Morgan fingerprint density at radius 1 is 1.12 bits per heavy atom. The first kappa shape index (κ1) is 27.9. The number of hydrogen-bond acceptors (Lipinski definition) is 11. The standard InChI is InChI=1S/C27H24N4O9S2/c1-39-18-12-14(2-7-17(18)32)20-21-22(25(35)30(24(21)34)15-3-5-16(6-4-15)31(37)38)41-26-23(20)42-27(36)29(26)13-19(33)28-8-10-40-11-9-28/h2-7,12,20-22,32H,8-11,13H2,1H3/t20-,21?,22?/m0/s1. The summed E-state index contributed by atoms with van der Waals surface area (Å²) in [5, 5.41) is 20.9. The maximum absolute atomic E-state index is 14.0. The lowest BCUT2D eigenvalue weighted by molar-refractivity contribution is -0.384. The first-order valence-electron chi connectivity index (χ1n) is 12.9. The van der Waals surface area contributed by atoms with E-state index in [0.717, 1.165) is 28.0 Å². The van der Waals surface area contributed by atoms with E-state index in [1.54, 1.807) is 17.0 Å². The fourth-order valence-corrected chi connectivity index (χ4v) is 8.30. The molecule has 3 aliphatic rings. The molecule has 6 rings (SSSR count). The normalized spacial score (nSPS) is 21.7. The maximum atomic E-state index is 14.0. The number of fused-ring (bicyclic) bond motifs is 2. The predicted molar refractivity (Wildman–Crippen MR) is 151 cm³/mol. The third-order valence-corrected chi connectivity index (χ3v) is 10.2. The lowest BCUT2D eigenvalue weighted by Crippen LogP contribution is -2.43. The van der Waals surface area contributed by atoms with Crippen molar-refractivity contribution in [2.75, 3.05) is 38.3 Å². The highest BCUT2D eigenvalue weighted by Crippen LogP contribution is 2.54. The van der Waals surface area contributed by atoms with Crippen molar-refractivity contribution < 1.29 is 33.9 Å². The Labute approximate surface area is 246 Å². The summed E-state index contributed by atoms with van der Waals surface area (Å²) >= 11 is 1.98. The van der Waals surface area contributed by atoms with E-state index in [0.29, 0.717) is 41.8 Å². The second-order valence-electron chi connectivity index (χ2n) is 9.88. The Balaban J connectivity index is 1.44. The van der Waals surface area contributed by atoms with Gasteiger partial charge in [0.2, 0.25) is 17.7 Å². The van der Waals surface area contributed by atoms with Gasteiger partial charge in [0.15, 0.2) is 11.5 Å². The van der Waals surface area contributed by atoms with E-state index in [9.17, 15) is 34.4 Å². The van der Waals surface area contributed by atoms with Gasteiger partial charge in [0.1, 0.15) is 11.8 Å². The molecule has 0 aliphatic carbocycles. The minimum atomic E-state index is -0.941. The van der Waals surface area contributed by atoms with Crippen molar-refractivity contribution in [3.63, 3.8) is 0 Å². The summed E-state index contributed by atoms with van der Waals surface area (Å²) in [7, 11) is 1.39. The number of non-ortho nitro benzene ring substituents is 1. The van der Waals surface area contributed by atoms with Crippen LogP contribution in [0.4, 0.5) is 11.4 Å². The molecule has 0 spiro atoms. The van der Waals surface area contributed by atoms with Crippen molar-refractivity contribution in [2.45, 2.75) is 22.7 Å². The quantitative estimate of drug-likeness (QED) is 0.248. The minimum absolute atomic E-state index is 0.119. The van der Waals surface area contributed by atoms with Gasteiger partial charge in [-0.2, -0.15) is 0 Å². The van der Waals surface area contributed by atoms with E-state index in [1.165, 1.54) is 42.0 Å². The van der Waals surface area contributed by atoms with Crippen LogP contribution in [0, 0.1) is 16.0 Å². The number of thiazole rings is 1. The maximum Gasteiger partial charge on any atom is 0.308 e. The number of aromatic nitrogens is 1. The summed E-state index contributed by atoms with van der Waals surface area (Å²) in [6.45, 7) is 1.39. The SMILES string of the molecule is COc1cc([C@@H]2c3sc(=O)n(CC(=O)N4CCOCC4)c3SC3C(=O)N(c4ccc([N+](=O)[O-])cc4)C(=O)C32)ccc1O. The number of benzene rings is 2. The molecule has 4 heterocycles. The molecule has 3 amide bonds. The van der Waals surface area contributed by atoms with Crippen molar-refractivity contribution in [3.05, 3.63) is 72.7 Å². The Morgan fingerprint density at radius 3 is 2.50 bits per heavy atom. The Bertz CT molecular complexity index is 1660. The van der Waals surface area contributed by atoms with Gasteiger partial charge in [-0.25, -0.2) is 4.90 Å². The van der Waals surface area contributed by atoms with E-state index in [4.69, 9.17) is 9.47 Å². The molecule has 3 atom stereocenters. The molecule has 3 aromatic rings. The number of phenolic OH excluding ortho intramolecular Hbond substituents is 1.